The van der Waals surface area contributed by atoms with E-state index in [1.807, 2.05) is 19.0 Å². The summed E-state index contributed by atoms with van der Waals surface area (Å²) in [6.07, 6.45) is 0.743. The first-order chi connectivity index (χ1) is 8.41. The zero-order valence-electron chi connectivity index (χ0n) is 10.4. The van der Waals surface area contributed by atoms with Crippen LogP contribution in [0.4, 0.5) is 10.1 Å². The van der Waals surface area contributed by atoms with Crippen LogP contribution in [0.5, 0.6) is 0 Å². The topological polar surface area (TPSA) is 55.6 Å². The number of rotatable bonds is 5. The number of benzene rings is 1. The lowest BCUT2D eigenvalue weighted by Crippen LogP contribution is -2.16. The second-order valence-electron chi connectivity index (χ2n) is 4.15. The summed E-state index contributed by atoms with van der Waals surface area (Å²) >= 11 is 3.11. The number of carbonyl (C=O) groups excluding carboxylic acids is 1. The van der Waals surface area contributed by atoms with E-state index in [0.29, 0.717) is 11.1 Å². The highest BCUT2D eigenvalue weighted by Crippen LogP contribution is 2.23. The van der Waals surface area contributed by atoms with Gasteiger partial charge >= 0.3 is 5.97 Å². The van der Waals surface area contributed by atoms with Crippen LogP contribution in [-0.2, 0) is 4.74 Å². The molecule has 6 heteroatoms. The molecule has 0 aliphatic heterocycles. The zero-order chi connectivity index (χ0) is 13.7. The van der Waals surface area contributed by atoms with Gasteiger partial charge in [0, 0.05) is 11.0 Å². The molecule has 1 aromatic rings. The summed E-state index contributed by atoms with van der Waals surface area (Å²) in [6, 6.07) is 2.43. The minimum atomic E-state index is -0.564. The molecule has 0 spiro atoms. The molecule has 0 aromatic heterocycles. The first-order valence-corrected chi connectivity index (χ1v) is 6.27. The van der Waals surface area contributed by atoms with E-state index < -0.39 is 11.8 Å². The van der Waals surface area contributed by atoms with Crippen LogP contribution in [-0.4, -0.2) is 38.1 Å². The molecule has 0 bridgehead atoms. The number of esters is 1. The molecule has 0 fully saturated rings. The van der Waals surface area contributed by atoms with Crippen molar-refractivity contribution in [3.63, 3.8) is 0 Å². The number of nitrogens with two attached hydrogens (primary N) is 1. The van der Waals surface area contributed by atoms with Crippen molar-refractivity contribution in [2.45, 2.75) is 6.42 Å². The van der Waals surface area contributed by atoms with Crippen molar-refractivity contribution in [2.75, 3.05) is 33.0 Å². The van der Waals surface area contributed by atoms with Crippen LogP contribution < -0.4 is 5.73 Å². The van der Waals surface area contributed by atoms with Gasteiger partial charge in [-0.1, -0.05) is 0 Å². The van der Waals surface area contributed by atoms with Crippen molar-refractivity contribution in [3.05, 3.63) is 28.0 Å². The number of halogens is 2. The maximum Gasteiger partial charge on any atom is 0.339 e. The quantitative estimate of drug-likeness (QED) is 0.514. The lowest BCUT2D eigenvalue weighted by molar-refractivity contribution is 0.0492. The number of carbonyl (C=O) groups is 1. The number of ether oxygens (including phenoxy) is 1. The second kappa shape index (κ2) is 6.70. The fourth-order valence-electron chi connectivity index (χ4n) is 1.35. The van der Waals surface area contributed by atoms with Crippen LogP contribution in [0.3, 0.4) is 0 Å². The van der Waals surface area contributed by atoms with Crippen LogP contribution in [0.2, 0.25) is 0 Å². The molecule has 0 aliphatic rings. The van der Waals surface area contributed by atoms with Crippen LogP contribution >= 0.6 is 15.9 Å². The van der Waals surface area contributed by atoms with Gasteiger partial charge in [0.25, 0.3) is 0 Å². The number of nitrogens with zero attached hydrogens (tertiary/aromatic N) is 1. The Balaban J connectivity index is 2.59. The van der Waals surface area contributed by atoms with E-state index in [9.17, 15) is 9.18 Å². The molecular formula is C12H16BrFN2O2. The molecule has 0 heterocycles. The van der Waals surface area contributed by atoms with E-state index in [2.05, 4.69) is 15.9 Å². The van der Waals surface area contributed by atoms with E-state index >= 15 is 0 Å². The summed E-state index contributed by atoms with van der Waals surface area (Å²) in [5, 5.41) is 0. The lowest BCUT2D eigenvalue weighted by atomic mass is 10.2. The van der Waals surface area contributed by atoms with Gasteiger partial charge in [0.2, 0.25) is 0 Å². The smallest absolute Gasteiger partial charge is 0.339 e. The number of hydrogen-bond acceptors (Lipinski definition) is 4. The largest absolute Gasteiger partial charge is 0.462 e. The Morgan fingerprint density at radius 2 is 2.17 bits per heavy atom. The zero-order valence-corrected chi connectivity index (χ0v) is 12.0. The first kappa shape index (κ1) is 14.9. The van der Waals surface area contributed by atoms with Gasteiger partial charge in [-0.3, -0.25) is 0 Å². The molecule has 1 rings (SSSR count). The van der Waals surface area contributed by atoms with Crippen LogP contribution in [0.15, 0.2) is 16.6 Å². The highest BCUT2D eigenvalue weighted by molar-refractivity contribution is 9.10. The van der Waals surface area contributed by atoms with Gasteiger partial charge < -0.3 is 15.4 Å². The molecule has 0 radical (unpaired) electrons. The summed E-state index contributed by atoms with van der Waals surface area (Å²) < 4.78 is 18.5. The van der Waals surface area contributed by atoms with Crippen LogP contribution in [0, 0.1) is 5.82 Å². The van der Waals surface area contributed by atoms with Crippen molar-refractivity contribution in [1.82, 2.24) is 4.90 Å². The summed E-state index contributed by atoms with van der Waals surface area (Å²) in [6.45, 7) is 1.15. The lowest BCUT2D eigenvalue weighted by Gasteiger charge is -2.10. The van der Waals surface area contributed by atoms with Gasteiger partial charge in [-0.2, -0.15) is 0 Å². The van der Waals surface area contributed by atoms with Gasteiger partial charge in [0.05, 0.1) is 17.9 Å². The van der Waals surface area contributed by atoms with E-state index in [1.54, 1.807) is 0 Å². The van der Waals surface area contributed by atoms with Crippen molar-refractivity contribution >= 4 is 27.6 Å². The predicted molar refractivity (Wildman–Crippen MR) is 72.0 cm³/mol. The summed E-state index contributed by atoms with van der Waals surface area (Å²) in [7, 11) is 3.89. The third-order valence-electron chi connectivity index (χ3n) is 2.29. The van der Waals surface area contributed by atoms with E-state index in [4.69, 9.17) is 10.5 Å². The maximum atomic E-state index is 13.1. The summed E-state index contributed by atoms with van der Waals surface area (Å²) in [5.74, 6) is -1.07. The van der Waals surface area contributed by atoms with Crippen molar-refractivity contribution in [3.8, 4) is 0 Å². The molecular weight excluding hydrogens is 303 g/mol. The minimum absolute atomic E-state index is 0.0709. The molecule has 0 saturated heterocycles. The fraction of sp³-hybridized carbons (Fsp3) is 0.417. The molecule has 0 unspecified atom stereocenters. The van der Waals surface area contributed by atoms with Crippen molar-refractivity contribution in [2.24, 2.45) is 0 Å². The predicted octanol–water partition coefficient (Wildman–Crippen LogP) is 2.28. The van der Waals surface area contributed by atoms with E-state index in [-0.39, 0.29) is 11.3 Å². The highest BCUT2D eigenvalue weighted by Gasteiger charge is 2.14. The summed E-state index contributed by atoms with van der Waals surface area (Å²) in [4.78, 5) is 13.7. The Bertz CT molecular complexity index is 438. The van der Waals surface area contributed by atoms with Gasteiger partial charge in [-0.15, -0.1) is 0 Å². The Labute approximate surface area is 114 Å². The van der Waals surface area contributed by atoms with Gasteiger partial charge in [0.1, 0.15) is 5.82 Å². The average Bonchev–Trinajstić information content (AvgIpc) is 2.28. The molecule has 0 saturated carbocycles. The highest BCUT2D eigenvalue weighted by atomic mass is 79.9. The average molecular weight is 319 g/mol. The maximum absolute atomic E-state index is 13.1. The number of anilines is 1. The van der Waals surface area contributed by atoms with E-state index in [0.717, 1.165) is 19.0 Å². The monoisotopic (exact) mass is 318 g/mol. The third-order valence-corrected chi connectivity index (χ3v) is 2.95. The second-order valence-corrected chi connectivity index (χ2v) is 5.00. The van der Waals surface area contributed by atoms with Crippen molar-refractivity contribution in [1.29, 1.82) is 0 Å². The summed E-state index contributed by atoms with van der Waals surface area (Å²) in [5.41, 5.74) is 5.58. The molecule has 1 aromatic carbocycles. The van der Waals surface area contributed by atoms with Crippen LogP contribution in [0.25, 0.3) is 0 Å². The molecule has 0 amide bonds. The SMILES string of the molecule is CN(C)CCCOC(=O)c1cc(N)c(F)cc1Br. The molecule has 2 N–H and O–H groups in total. The minimum Gasteiger partial charge on any atom is -0.462 e. The molecule has 18 heavy (non-hydrogen) atoms. The number of nitrogen functional groups attached to an aromatic ring is 1. The van der Waals surface area contributed by atoms with Crippen LogP contribution in [0.1, 0.15) is 16.8 Å². The van der Waals surface area contributed by atoms with Gasteiger partial charge in [-0.25, -0.2) is 9.18 Å². The molecule has 100 valence electrons. The van der Waals surface area contributed by atoms with Gasteiger partial charge in [-0.05, 0) is 48.6 Å². The van der Waals surface area contributed by atoms with Gasteiger partial charge in [0.15, 0.2) is 0 Å². The number of hydrogen-bond donors (Lipinski definition) is 1. The molecule has 4 nitrogen and oxygen atoms in total. The molecule has 0 aliphatic carbocycles. The Hall–Kier alpha value is -1.14. The first-order valence-electron chi connectivity index (χ1n) is 5.48. The Morgan fingerprint density at radius 3 is 2.78 bits per heavy atom. The Morgan fingerprint density at radius 1 is 1.50 bits per heavy atom. The third kappa shape index (κ3) is 4.27. The Kier molecular flexibility index (Phi) is 5.55. The van der Waals surface area contributed by atoms with Crippen molar-refractivity contribution < 1.29 is 13.9 Å². The normalized spacial score (nSPS) is 10.7. The fourth-order valence-corrected chi connectivity index (χ4v) is 1.82. The van der Waals surface area contributed by atoms with E-state index in [1.165, 1.54) is 6.07 Å². The standard InChI is InChI=1S/C12H16BrFN2O2/c1-16(2)4-3-5-18-12(17)8-6-11(15)10(14)7-9(8)13/h6-7H,3-5,15H2,1-2H3. The molecule has 0 atom stereocenters.